The van der Waals surface area contributed by atoms with Crippen LogP contribution in [0.1, 0.15) is 199 Å². The van der Waals surface area contributed by atoms with Gasteiger partial charge in [-0.05, 0) is 212 Å². The first-order valence-corrected chi connectivity index (χ1v) is 36.9. The summed E-state index contributed by atoms with van der Waals surface area (Å²) in [4.78, 5) is 157. The van der Waals surface area contributed by atoms with E-state index in [9.17, 15) is 57.5 Å². The predicted molar refractivity (Wildman–Crippen MR) is 438 cm³/mol. The largest absolute Gasteiger partial charge is 0.478 e. The Morgan fingerprint density at radius 3 is 0.940 bits per heavy atom. The standard InChI is InChI=1S/C24H27N5O3.C21H19N3O4.C20H17N3O4.C13H12N2O3.C8H9NO2/c1-14-21-18-12-16(6-9-19(18)28-22(21)20(30)13-26-14)24(32)27-17-7-4-15(5-8-17)23(31)25-10-11-29(2)3;1-11-18-15-9-13(5-8-16(15)24-19(18)17(25)10-22-11)20(26)23-14-6-3-12(4-7-14)21(27)28-2;1-10-17-14-8-12(4-7-15(14)23-18(17)16(24)9-21-10)19(25)22-13-5-2-11(3-6-13)20(26)27;1-6-11-8-4-7(13(17)18)2-3-9(8)15-12(11)10(16)5-14-6;1-11-8(10)6-2-4-7(9)5-3-6/h4-9,12,14,26,28H,10-11,13H2,1-3H3,(H,25,31)(H,27,32);3-9,11,22,24H,10H2,1-2H3,(H,23,26);2-8,10,21,23H,9H2,1H3,(H,22,25)(H,26,27);2-4,6,14-15H,5H2,1H3,(H,17,18);2-5H,9H2,1H3. The highest BCUT2D eigenvalue weighted by atomic mass is 16.5. The van der Waals surface area contributed by atoms with E-state index < -0.39 is 17.9 Å². The normalized spacial score (nSPS) is 15.7. The lowest BCUT2D eigenvalue weighted by Crippen LogP contribution is -2.32. The quantitative estimate of drug-likeness (QED) is 0.0355. The van der Waals surface area contributed by atoms with Gasteiger partial charge in [0.1, 0.15) is 0 Å². The van der Waals surface area contributed by atoms with Gasteiger partial charge in [0.05, 0.1) is 85.4 Å². The topological polar surface area (TPSA) is 452 Å². The fourth-order valence-corrected chi connectivity index (χ4v) is 13.9. The Bertz CT molecular complexity index is 5880. The third-order valence-corrected chi connectivity index (χ3v) is 20.0. The lowest BCUT2D eigenvalue weighted by atomic mass is 9.97. The van der Waals surface area contributed by atoms with E-state index in [0.29, 0.717) is 112 Å². The number of aromatic carboxylic acids is 2. The molecule has 0 spiro atoms. The average Bonchev–Trinajstić information content (AvgIpc) is 1.63. The minimum atomic E-state index is -1.02. The summed E-state index contributed by atoms with van der Waals surface area (Å²) < 4.78 is 9.16. The molecule has 0 radical (unpaired) electrons. The molecule has 4 amide bonds. The number of carbonyl (C=O) groups is 12. The third kappa shape index (κ3) is 18.2. The molecule has 0 saturated heterocycles. The molecule has 8 aromatic carbocycles. The number of nitrogens with zero attached hydrogens (tertiary/aromatic N) is 1. The van der Waals surface area contributed by atoms with Gasteiger partial charge in [-0.25, -0.2) is 19.2 Å². The van der Waals surface area contributed by atoms with Gasteiger partial charge in [-0.3, -0.25) is 38.4 Å². The molecule has 16 N–H and O–H groups in total. The molecule has 4 aliphatic rings. The van der Waals surface area contributed by atoms with Crippen molar-refractivity contribution in [1.82, 2.24) is 51.4 Å². The monoisotopic (exact) mass is 1570 g/mol. The summed E-state index contributed by atoms with van der Waals surface area (Å²) in [6.07, 6.45) is 0. The van der Waals surface area contributed by atoms with Crippen molar-refractivity contribution < 1.29 is 77.2 Å². The Hall–Kier alpha value is -14.0. The molecular weight excluding hydrogens is 1490 g/mol. The summed E-state index contributed by atoms with van der Waals surface area (Å²) in [5.41, 5.74) is 20.2. The van der Waals surface area contributed by atoms with Gasteiger partial charge >= 0.3 is 23.9 Å². The zero-order valence-electron chi connectivity index (χ0n) is 64.4. The summed E-state index contributed by atoms with van der Waals surface area (Å²) in [5, 5.41) is 45.2. The number of rotatable bonds is 14. The molecule has 0 fully saturated rings. The molecule has 30 heteroatoms. The molecule has 4 atom stereocenters. The Labute approximate surface area is 663 Å². The maximum Gasteiger partial charge on any atom is 0.337 e. The summed E-state index contributed by atoms with van der Waals surface area (Å²) in [7, 11) is 6.56. The summed E-state index contributed by atoms with van der Waals surface area (Å²) in [6, 6.07) is 46.6. The van der Waals surface area contributed by atoms with Crippen LogP contribution in [0.25, 0.3) is 43.6 Å². The number of methoxy groups -OCH3 is 2. The lowest BCUT2D eigenvalue weighted by Gasteiger charge is -2.19. The molecule has 4 unspecified atom stereocenters. The highest BCUT2D eigenvalue weighted by Crippen LogP contribution is 2.36. The Morgan fingerprint density at radius 1 is 0.379 bits per heavy atom. The van der Waals surface area contributed by atoms with Crippen LogP contribution >= 0.6 is 0 Å². The van der Waals surface area contributed by atoms with Crippen LogP contribution in [0.4, 0.5) is 22.7 Å². The van der Waals surface area contributed by atoms with E-state index in [1.54, 1.807) is 133 Å². The number of aromatic nitrogens is 4. The number of Topliss-reactive ketones (excluding diaryl/α,β-unsaturated/α-hetero) is 4. The number of amides is 4. The van der Waals surface area contributed by atoms with Gasteiger partial charge in [-0.15, -0.1) is 0 Å². The zero-order valence-corrected chi connectivity index (χ0v) is 64.4. The van der Waals surface area contributed by atoms with E-state index in [0.717, 1.165) is 72.4 Å². The average molecular weight is 1570 g/mol. The Balaban J connectivity index is 0.000000138. The number of hydrogen-bond donors (Lipinski definition) is 15. The highest BCUT2D eigenvalue weighted by Gasteiger charge is 2.32. The van der Waals surface area contributed by atoms with E-state index >= 15 is 0 Å². The predicted octanol–water partition coefficient (Wildman–Crippen LogP) is 11.3. The van der Waals surface area contributed by atoms with Crippen LogP contribution in [-0.4, -0.2) is 173 Å². The maximum atomic E-state index is 12.8. The second-order valence-corrected chi connectivity index (χ2v) is 28.2. The highest BCUT2D eigenvalue weighted by molar-refractivity contribution is 6.13. The van der Waals surface area contributed by atoms with Gasteiger partial charge in [0.2, 0.25) is 0 Å². The lowest BCUT2D eigenvalue weighted by molar-refractivity contribution is 0.0592. The Kier molecular flexibility index (Phi) is 24.8. The molecule has 4 aliphatic heterocycles. The molecule has 4 aromatic heterocycles. The van der Waals surface area contributed by atoms with E-state index in [1.807, 2.05) is 64.9 Å². The number of fused-ring (bicyclic) bond motifs is 12. The zero-order chi connectivity index (χ0) is 82.9. The number of H-pyrrole nitrogens is 4. The van der Waals surface area contributed by atoms with Crippen LogP contribution in [0, 0.1) is 0 Å². The minimum Gasteiger partial charge on any atom is -0.478 e. The van der Waals surface area contributed by atoms with Crippen LogP contribution < -0.4 is 48.3 Å². The molecule has 30 nitrogen and oxygen atoms in total. The molecule has 0 saturated carbocycles. The van der Waals surface area contributed by atoms with Crippen molar-refractivity contribution in [2.75, 3.05) is 89.3 Å². The van der Waals surface area contributed by atoms with Gasteiger partial charge in [0, 0.05) is 148 Å². The van der Waals surface area contributed by atoms with E-state index in [4.69, 9.17) is 15.9 Å². The van der Waals surface area contributed by atoms with Crippen molar-refractivity contribution in [2.45, 2.75) is 51.9 Å². The molecule has 16 rings (SSSR count). The number of nitrogen functional groups attached to an aromatic ring is 1. The van der Waals surface area contributed by atoms with Gasteiger partial charge < -0.3 is 92.8 Å². The fourth-order valence-electron chi connectivity index (χ4n) is 13.9. The Morgan fingerprint density at radius 2 is 0.647 bits per heavy atom. The molecule has 0 bridgehead atoms. The smallest absolute Gasteiger partial charge is 0.337 e. The number of anilines is 4. The number of ketones is 4. The maximum absolute atomic E-state index is 12.8. The number of carboxylic acid groups (broad SMARTS) is 2. The molecular formula is C86H84N14O16. The first-order chi connectivity index (χ1) is 55.6. The number of aromatic amines is 4. The van der Waals surface area contributed by atoms with Crippen LogP contribution in [0.5, 0.6) is 0 Å². The second-order valence-electron chi connectivity index (χ2n) is 28.2. The third-order valence-electron chi connectivity index (χ3n) is 20.0. The van der Waals surface area contributed by atoms with Crippen molar-refractivity contribution >= 4 is 137 Å². The summed E-state index contributed by atoms with van der Waals surface area (Å²) >= 11 is 0. The van der Waals surface area contributed by atoms with Crippen LogP contribution in [0.15, 0.2) is 170 Å². The molecule has 12 aromatic rings. The summed E-state index contributed by atoms with van der Waals surface area (Å²) in [6.45, 7) is 10.5. The van der Waals surface area contributed by atoms with Crippen LogP contribution in [0.3, 0.4) is 0 Å². The number of esters is 2. The first-order valence-electron chi connectivity index (χ1n) is 36.9. The van der Waals surface area contributed by atoms with Crippen molar-refractivity contribution in [3.05, 3.63) is 259 Å². The van der Waals surface area contributed by atoms with Gasteiger partial charge in [-0.2, -0.15) is 0 Å². The minimum absolute atomic E-state index is 0.00354. The number of nitrogens with one attached hydrogen (secondary N) is 12. The number of carboxylic acids is 2. The number of nitrogens with two attached hydrogens (primary N) is 1. The number of carbonyl (C=O) groups excluding carboxylic acids is 10. The van der Waals surface area contributed by atoms with Crippen LogP contribution in [-0.2, 0) is 9.47 Å². The van der Waals surface area contributed by atoms with Gasteiger partial charge in [0.15, 0.2) is 23.1 Å². The number of likely N-dealkylation sites (N-methyl/N-ethyl adjacent to an activating group) is 1. The van der Waals surface area contributed by atoms with Crippen molar-refractivity contribution in [2.24, 2.45) is 0 Å². The van der Waals surface area contributed by atoms with Gasteiger partial charge in [0.25, 0.3) is 23.6 Å². The first kappa shape index (κ1) is 81.4. The van der Waals surface area contributed by atoms with E-state index in [2.05, 4.69) is 71.9 Å². The molecule has 116 heavy (non-hydrogen) atoms. The fraction of sp³-hybridized carbons (Fsp3) is 0.209. The summed E-state index contributed by atoms with van der Waals surface area (Å²) in [5.74, 6) is -3.70. The number of hydrogen-bond acceptors (Lipinski definition) is 20. The molecule has 0 aliphatic carbocycles. The van der Waals surface area contributed by atoms with Crippen molar-refractivity contribution in [3.63, 3.8) is 0 Å². The number of benzene rings is 8. The number of ether oxygens (including phenoxy) is 2. The SMILES string of the molecule is CC1NCC(=O)c2[nH]c3ccc(C(=O)Nc4ccc(C(=O)NCCN(C)C)cc4)cc3c21.CC1NCC(=O)c2[nH]c3ccc(C(=O)Nc4ccc(C(=O)O)cc4)cc3c21.CC1NCC(=O)c2[nH]c3ccc(C(=O)O)cc3c21.COC(=O)c1ccc(N)cc1.COC(=O)c1ccc(NC(=O)c2ccc3[nH]c4c(c3c2)C(C)NCC4=O)cc1. The second kappa shape index (κ2) is 35.3. The van der Waals surface area contributed by atoms with E-state index in [1.165, 1.54) is 32.4 Å². The van der Waals surface area contributed by atoms with Gasteiger partial charge in [-0.1, -0.05) is 0 Å². The van der Waals surface area contributed by atoms with Crippen LogP contribution in [0.2, 0.25) is 0 Å². The van der Waals surface area contributed by atoms with E-state index in [-0.39, 0.29) is 88.0 Å². The van der Waals surface area contributed by atoms with Crippen molar-refractivity contribution in [1.29, 1.82) is 0 Å². The molecule has 8 heterocycles. The van der Waals surface area contributed by atoms with Crippen molar-refractivity contribution in [3.8, 4) is 0 Å². The molecule has 594 valence electrons.